The number of aliphatic hydroxyl groups excluding tert-OH is 1. The lowest BCUT2D eigenvalue weighted by molar-refractivity contribution is 0.213. The van der Waals surface area contributed by atoms with Gasteiger partial charge in [0.2, 0.25) is 0 Å². The summed E-state index contributed by atoms with van der Waals surface area (Å²) in [6, 6.07) is 8.72. The van der Waals surface area contributed by atoms with E-state index in [-0.39, 0.29) is 5.56 Å². The minimum absolute atomic E-state index is 0.161. The maximum atomic E-state index is 13.8. The van der Waals surface area contributed by atoms with E-state index in [1.165, 1.54) is 24.3 Å². The number of aryl methyl sites for hydroxylation is 2. The van der Waals surface area contributed by atoms with Crippen molar-refractivity contribution in [2.75, 3.05) is 0 Å². The van der Waals surface area contributed by atoms with Crippen LogP contribution in [0.2, 0.25) is 0 Å². The summed E-state index contributed by atoms with van der Waals surface area (Å²) in [5, 5.41) is 10.2. The molecule has 0 spiro atoms. The molecule has 0 saturated heterocycles. The lowest BCUT2D eigenvalue weighted by Crippen LogP contribution is -2.05. The molecule has 0 bridgehead atoms. The van der Waals surface area contributed by atoms with Crippen LogP contribution in [-0.2, 0) is 0 Å². The molecule has 0 fully saturated rings. The summed E-state index contributed by atoms with van der Waals surface area (Å²) < 4.78 is 26.9. The molecule has 0 aromatic heterocycles. The molecule has 2 aromatic carbocycles. The van der Waals surface area contributed by atoms with Crippen molar-refractivity contribution in [1.82, 2.24) is 0 Å². The molecule has 1 atom stereocenters. The predicted molar refractivity (Wildman–Crippen MR) is 66.3 cm³/mol. The molecule has 1 N–H and O–H groups in total. The molecule has 0 aliphatic carbocycles. The quantitative estimate of drug-likeness (QED) is 0.859. The molecule has 2 aromatic rings. The van der Waals surface area contributed by atoms with Gasteiger partial charge in [-0.3, -0.25) is 0 Å². The number of hydrogen-bond acceptors (Lipinski definition) is 1. The molecule has 0 aliphatic heterocycles. The van der Waals surface area contributed by atoms with Crippen LogP contribution < -0.4 is 0 Å². The van der Waals surface area contributed by atoms with Crippen LogP contribution in [0.5, 0.6) is 0 Å². The van der Waals surface area contributed by atoms with Crippen LogP contribution in [0.1, 0.15) is 28.4 Å². The van der Waals surface area contributed by atoms with Crippen LogP contribution in [0.4, 0.5) is 8.78 Å². The number of rotatable bonds is 2. The molecular weight excluding hydrogens is 234 g/mol. The Kier molecular flexibility index (Phi) is 3.43. The molecule has 3 heteroatoms. The standard InChI is InChI=1S/C15H14F2O/c1-9-3-6-12(14(17)7-9)15(18)13-8-11(16)5-4-10(13)2/h3-8,15,18H,1-2H3. The van der Waals surface area contributed by atoms with Gasteiger partial charge in [-0.1, -0.05) is 18.2 Å². The van der Waals surface area contributed by atoms with E-state index in [0.717, 1.165) is 11.1 Å². The highest BCUT2D eigenvalue weighted by atomic mass is 19.1. The Morgan fingerprint density at radius 3 is 2.33 bits per heavy atom. The summed E-state index contributed by atoms with van der Waals surface area (Å²) in [6.45, 7) is 3.52. The van der Waals surface area contributed by atoms with Crippen molar-refractivity contribution in [2.45, 2.75) is 20.0 Å². The first-order chi connectivity index (χ1) is 8.49. The van der Waals surface area contributed by atoms with E-state index in [9.17, 15) is 13.9 Å². The molecule has 1 nitrogen and oxygen atoms in total. The third kappa shape index (κ3) is 2.41. The Balaban J connectivity index is 2.47. The number of benzene rings is 2. The molecule has 0 heterocycles. The lowest BCUT2D eigenvalue weighted by Gasteiger charge is -2.15. The van der Waals surface area contributed by atoms with Gasteiger partial charge in [0.15, 0.2) is 0 Å². The minimum atomic E-state index is -1.15. The topological polar surface area (TPSA) is 20.2 Å². The smallest absolute Gasteiger partial charge is 0.129 e. The van der Waals surface area contributed by atoms with E-state index in [2.05, 4.69) is 0 Å². The molecule has 0 aliphatic rings. The average Bonchev–Trinajstić information content (AvgIpc) is 2.31. The normalized spacial score (nSPS) is 12.5. The zero-order valence-electron chi connectivity index (χ0n) is 10.2. The first-order valence-electron chi connectivity index (χ1n) is 5.69. The van der Waals surface area contributed by atoms with Gasteiger partial charge in [0, 0.05) is 5.56 Å². The Bertz CT molecular complexity index is 579. The summed E-state index contributed by atoms with van der Waals surface area (Å²) in [5.74, 6) is -0.923. The average molecular weight is 248 g/mol. The van der Waals surface area contributed by atoms with Gasteiger partial charge in [0.25, 0.3) is 0 Å². The van der Waals surface area contributed by atoms with E-state index < -0.39 is 17.7 Å². The molecule has 0 saturated carbocycles. The fourth-order valence-electron chi connectivity index (χ4n) is 1.93. The van der Waals surface area contributed by atoms with Gasteiger partial charge in [-0.05, 0) is 48.7 Å². The first-order valence-corrected chi connectivity index (χ1v) is 5.69. The fourth-order valence-corrected chi connectivity index (χ4v) is 1.93. The third-order valence-electron chi connectivity index (χ3n) is 2.99. The van der Waals surface area contributed by atoms with Crippen molar-refractivity contribution in [1.29, 1.82) is 0 Å². The van der Waals surface area contributed by atoms with Gasteiger partial charge in [-0.2, -0.15) is 0 Å². The molecule has 0 amide bonds. The van der Waals surface area contributed by atoms with Gasteiger partial charge >= 0.3 is 0 Å². The van der Waals surface area contributed by atoms with Crippen molar-refractivity contribution >= 4 is 0 Å². The van der Waals surface area contributed by atoms with Gasteiger partial charge in [0.1, 0.15) is 17.7 Å². The monoisotopic (exact) mass is 248 g/mol. The highest BCUT2D eigenvalue weighted by molar-refractivity contribution is 5.37. The zero-order valence-corrected chi connectivity index (χ0v) is 10.2. The van der Waals surface area contributed by atoms with Gasteiger partial charge in [-0.25, -0.2) is 8.78 Å². The van der Waals surface area contributed by atoms with Crippen LogP contribution in [0.3, 0.4) is 0 Å². The number of hydrogen-bond donors (Lipinski definition) is 1. The first kappa shape index (κ1) is 12.7. The van der Waals surface area contributed by atoms with Gasteiger partial charge < -0.3 is 5.11 Å². The van der Waals surface area contributed by atoms with Crippen LogP contribution in [-0.4, -0.2) is 5.11 Å². The summed E-state index contributed by atoms with van der Waals surface area (Å²) >= 11 is 0. The summed E-state index contributed by atoms with van der Waals surface area (Å²) in [5.41, 5.74) is 2.05. The Morgan fingerprint density at radius 2 is 1.67 bits per heavy atom. The number of halogens is 2. The fraction of sp³-hybridized carbons (Fsp3) is 0.200. The van der Waals surface area contributed by atoms with Crippen molar-refractivity contribution in [3.05, 3.63) is 70.3 Å². The highest BCUT2D eigenvalue weighted by Crippen LogP contribution is 2.27. The van der Waals surface area contributed by atoms with Crippen molar-refractivity contribution in [2.24, 2.45) is 0 Å². The molecule has 2 rings (SSSR count). The summed E-state index contributed by atoms with van der Waals surface area (Å²) in [6.07, 6.45) is -1.15. The van der Waals surface area contributed by atoms with E-state index in [1.54, 1.807) is 26.0 Å². The van der Waals surface area contributed by atoms with Gasteiger partial charge in [-0.15, -0.1) is 0 Å². The van der Waals surface area contributed by atoms with Crippen LogP contribution >= 0.6 is 0 Å². The van der Waals surface area contributed by atoms with E-state index in [0.29, 0.717) is 5.56 Å². The Hall–Kier alpha value is -1.74. The maximum absolute atomic E-state index is 13.8. The van der Waals surface area contributed by atoms with E-state index in [1.807, 2.05) is 0 Å². The highest BCUT2D eigenvalue weighted by Gasteiger charge is 2.17. The Morgan fingerprint density at radius 1 is 0.944 bits per heavy atom. The van der Waals surface area contributed by atoms with Crippen molar-refractivity contribution < 1.29 is 13.9 Å². The van der Waals surface area contributed by atoms with Crippen molar-refractivity contribution in [3.8, 4) is 0 Å². The summed E-state index contributed by atoms with van der Waals surface area (Å²) in [4.78, 5) is 0. The second-order valence-corrected chi connectivity index (χ2v) is 4.43. The molecular formula is C15H14F2O. The van der Waals surface area contributed by atoms with E-state index >= 15 is 0 Å². The zero-order chi connectivity index (χ0) is 13.3. The molecule has 18 heavy (non-hydrogen) atoms. The Labute approximate surface area is 105 Å². The lowest BCUT2D eigenvalue weighted by atomic mass is 9.96. The third-order valence-corrected chi connectivity index (χ3v) is 2.99. The largest absolute Gasteiger partial charge is 0.384 e. The summed E-state index contributed by atoms with van der Waals surface area (Å²) in [7, 11) is 0. The second kappa shape index (κ2) is 4.86. The van der Waals surface area contributed by atoms with Crippen LogP contribution in [0, 0.1) is 25.5 Å². The van der Waals surface area contributed by atoms with Crippen molar-refractivity contribution in [3.63, 3.8) is 0 Å². The SMILES string of the molecule is Cc1ccc(C(O)c2cc(F)ccc2C)c(F)c1. The van der Waals surface area contributed by atoms with E-state index in [4.69, 9.17) is 0 Å². The van der Waals surface area contributed by atoms with Gasteiger partial charge in [0.05, 0.1) is 0 Å². The maximum Gasteiger partial charge on any atom is 0.129 e. The van der Waals surface area contributed by atoms with Crippen LogP contribution in [0.25, 0.3) is 0 Å². The number of aliphatic hydroxyl groups is 1. The molecule has 94 valence electrons. The molecule has 0 radical (unpaired) electrons. The van der Waals surface area contributed by atoms with Crippen LogP contribution in [0.15, 0.2) is 36.4 Å². The predicted octanol–water partition coefficient (Wildman–Crippen LogP) is 3.66. The minimum Gasteiger partial charge on any atom is -0.384 e. The second-order valence-electron chi connectivity index (χ2n) is 4.43. The molecule has 1 unspecified atom stereocenters.